The Kier molecular flexibility index (Phi) is 3.47. The zero-order chi connectivity index (χ0) is 11.8. The molecule has 0 spiro atoms. The van der Waals surface area contributed by atoms with Crippen LogP contribution in [0.1, 0.15) is 48.0 Å². The van der Waals surface area contributed by atoms with Gasteiger partial charge in [-0.05, 0) is 31.1 Å². The van der Waals surface area contributed by atoms with Gasteiger partial charge < -0.3 is 4.90 Å². The van der Waals surface area contributed by atoms with Crippen LogP contribution in [0.15, 0.2) is 0 Å². The molecule has 88 valence electrons. The molecule has 1 aliphatic rings. The molecule has 0 aromatic rings. The molecule has 2 atom stereocenters. The maximum absolute atomic E-state index is 11.7. The first-order valence-corrected chi connectivity index (χ1v) is 6.10. The highest BCUT2D eigenvalue weighted by Gasteiger charge is 2.49. The summed E-state index contributed by atoms with van der Waals surface area (Å²) in [5.41, 5.74) is 0.0556. The van der Waals surface area contributed by atoms with Crippen LogP contribution in [-0.2, 0) is 4.79 Å². The van der Waals surface area contributed by atoms with Crippen molar-refractivity contribution in [2.75, 3.05) is 6.54 Å². The molecule has 2 nitrogen and oxygen atoms in total. The topological polar surface area (TPSA) is 20.3 Å². The molecule has 1 unspecified atom stereocenters. The molecule has 1 rings (SSSR count). The second-order valence-electron chi connectivity index (χ2n) is 5.69. The Bertz CT molecular complexity index is 247. The summed E-state index contributed by atoms with van der Waals surface area (Å²) in [6.45, 7) is 13.9. The molecule has 0 aromatic carbocycles. The molecule has 1 aliphatic heterocycles. The van der Waals surface area contributed by atoms with Crippen LogP contribution in [-0.4, -0.2) is 22.9 Å². The monoisotopic (exact) mass is 211 g/mol. The molecule has 0 aromatic heterocycles. The molecule has 1 saturated heterocycles. The number of hydrogen-bond donors (Lipinski definition) is 0. The van der Waals surface area contributed by atoms with Gasteiger partial charge in [-0.25, -0.2) is 0 Å². The second-order valence-corrected chi connectivity index (χ2v) is 5.69. The van der Waals surface area contributed by atoms with Crippen LogP contribution >= 0.6 is 0 Å². The highest BCUT2D eigenvalue weighted by Crippen LogP contribution is 2.44. The summed E-state index contributed by atoms with van der Waals surface area (Å²) in [5, 5.41) is 0. The Morgan fingerprint density at radius 1 is 1.33 bits per heavy atom. The van der Waals surface area contributed by atoms with Gasteiger partial charge in [0.25, 0.3) is 0 Å². The van der Waals surface area contributed by atoms with Crippen LogP contribution in [0.25, 0.3) is 0 Å². The molecular weight excluding hydrogens is 186 g/mol. The number of amides is 1. The number of likely N-dealkylation sites (tertiary alicyclic amines) is 1. The Labute approximate surface area is 94.0 Å². The van der Waals surface area contributed by atoms with Crippen molar-refractivity contribution in [3.63, 3.8) is 0 Å². The molecule has 1 amide bonds. The number of carbonyl (C=O) groups is 1. The van der Waals surface area contributed by atoms with Crippen LogP contribution in [0.3, 0.4) is 0 Å². The largest absolute Gasteiger partial charge is 0.337 e. The first kappa shape index (κ1) is 12.5. The quantitative estimate of drug-likeness (QED) is 0.687. The molecule has 0 N–H and O–H groups in total. The third-order valence-electron chi connectivity index (χ3n) is 4.35. The summed E-state index contributed by atoms with van der Waals surface area (Å²) >= 11 is 0. The van der Waals surface area contributed by atoms with Crippen molar-refractivity contribution in [1.29, 1.82) is 0 Å². The minimum Gasteiger partial charge on any atom is -0.337 e. The lowest BCUT2D eigenvalue weighted by atomic mass is 9.72. The van der Waals surface area contributed by atoms with E-state index in [0.717, 1.165) is 13.0 Å². The van der Waals surface area contributed by atoms with Crippen LogP contribution in [0.4, 0.5) is 0 Å². The fourth-order valence-corrected chi connectivity index (χ4v) is 3.25. The predicted octanol–water partition coefficient (Wildman–Crippen LogP) is 2.93. The summed E-state index contributed by atoms with van der Waals surface area (Å²) in [6.07, 6.45) is 1.16. The van der Waals surface area contributed by atoms with E-state index in [0.29, 0.717) is 17.8 Å². The normalized spacial score (nSPS) is 31.7. The van der Waals surface area contributed by atoms with Crippen LogP contribution < -0.4 is 0 Å². The zero-order valence-corrected chi connectivity index (χ0v) is 11.0. The summed E-state index contributed by atoms with van der Waals surface area (Å²) in [4.78, 5) is 13.7. The third kappa shape index (κ3) is 1.91. The first-order valence-electron chi connectivity index (χ1n) is 6.10. The number of rotatable bonds is 2. The van der Waals surface area contributed by atoms with E-state index in [4.69, 9.17) is 0 Å². The molecule has 2 heteroatoms. The van der Waals surface area contributed by atoms with E-state index in [1.165, 1.54) is 0 Å². The fraction of sp³-hybridized carbons (Fsp3) is 0.923. The number of hydrogen-bond acceptors (Lipinski definition) is 1. The van der Waals surface area contributed by atoms with E-state index in [2.05, 4.69) is 39.5 Å². The predicted molar refractivity (Wildman–Crippen MR) is 63.6 cm³/mol. The van der Waals surface area contributed by atoms with Crippen molar-refractivity contribution in [2.45, 2.75) is 53.5 Å². The SMILES string of the molecule is CC(=O)N1CCC(C(C)C)[C@]1(C)C(C)C. The molecule has 0 bridgehead atoms. The van der Waals surface area contributed by atoms with Crippen molar-refractivity contribution < 1.29 is 4.79 Å². The highest BCUT2D eigenvalue weighted by atomic mass is 16.2. The second kappa shape index (κ2) is 4.15. The molecule has 0 aliphatic carbocycles. The van der Waals surface area contributed by atoms with E-state index in [1.807, 2.05) is 0 Å². The smallest absolute Gasteiger partial charge is 0.219 e. The molecule has 1 fully saturated rings. The Hall–Kier alpha value is -0.530. The minimum absolute atomic E-state index is 0.0556. The van der Waals surface area contributed by atoms with Crippen molar-refractivity contribution >= 4 is 5.91 Å². The summed E-state index contributed by atoms with van der Waals surface area (Å²) < 4.78 is 0. The van der Waals surface area contributed by atoms with Gasteiger partial charge in [0.1, 0.15) is 0 Å². The van der Waals surface area contributed by atoms with Gasteiger partial charge in [-0.3, -0.25) is 4.79 Å². The Balaban J connectivity index is 3.02. The van der Waals surface area contributed by atoms with E-state index in [1.54, 1.807) is 6.92 Å². The maximum Gasteiger partial charge on any atom is 0.219 e. The lowest BCUT2D eigenvalue weighted by molar-refractivity contribution is -0.135. The van der Waals surface area contributed by atoms with Crippen LogP contribution in [0.2, 0.25) is 0 Å². The van der Waals surface area contributed by atoms with Gasteiger partial charge in [0.2, 0.25) is 5.91 Å². The summed E-state index contributed by atoms with van der Waals surface area (Å²) in [6, 6.07) is 0. The number of carbonyl (C=O) groups excluding carboxylic acids is 1. The number of nitrogens with zero attached hydrogens (tertiary/aromatic N) is 1. The first-order chi connectivity index (χ1) is 6.81. The minimum atomic E-state index is 0.0556. The van der Waals surface area contributed by atoms with E-state index in [-0.39, 0.29) is 11.4 Å². The van der Waals surface area contributed by atoms with Crippen molar-refractivity contribution in [1.82, 2.24) is 4.90 Å². The van der Waals surface area contributed by atoms with Crippen molar-refractivity contribution in [2.24, 2.45) is 17.8 Å². The van der Waals surface area contributed by atoms with E-state index in [9.17, 15) is 4.79 Å². The van der Waals surface area contributed by atoms with Gasteiger partial charge in [-0.2, -0.15) is 0 Å². The maximum atomic E-state index is 11.7. The van der Waals surface area contributed by atoms with Gasteiger partial charge in [-0.1, -0.05) is 27.7 Å². The third-order valence-corrected chi connectivity index (χ3v) is 4.35. The van der Waals surface area contributed by atoms with Gasteiger partial charge in [0.05, 0.1) is 0 Å². The standard InChI is InChI=1S/C13H25NO/c1-9(2)12-7-8-14(11(5)15)13(12,6)10(3)4/h9-10,12H,7-8H2,1-6H3/t12?,13-/m0/s1. The van der Waals surface area contributed by atoms with Gasteiger partial charge in [-0.15, -0.1) is 0 Å². The van der Waals surface area contributed by atoms with Crippen LogP contribution in [0, 0.1) is 17.8 Å². The molecule has 1 heterocycles. The van der Waals surface area contributed by atoms with Crippen LogP contribution in [0.5, 0.6) is 0 Å². The van der Waals surface area contributed by atoms with Gasteiger partial charge in [0.15, 0.2) is 0 Å². The lowest BCUT2D eigenvalue weighted by Gasteiger charge is -2.44. The summed E-state index contributed by atoms with van der Waals surface area (Å²) in [7, 11) is 0. The Morgan fingerprint density at radius 2 is 1.87 bits per heavy atom. The van der Waals surface area contributed by atoms with E-state index < -0.39 is 0 Å². The Morgan fingerprint density at radius 3 is 2.20 bits per heavy atom. The molecule has 0 saturated carbocycles. The van der Waals surface area contributed by atoms with Gasteiger partial charge >= 0.3 is 0 Å². The van der Waals surface area contributed by atoms with Crippen molar-refractivity contribution in [3.8, 4) is 0 Å². The molecule has 15 heavy (non-hydrogen) atoms. The highest BCUT2D eigenvalue weighted by molar-refractivity contribution is 5.74. The molecule has 0 radical (unpaired) electrons. The average Bonchev–Trinajstić information content (AvgIpc) is 2.43. The summed E-state index contributed by atoms with van der Waals surface area (Å²) in [5.74, 6) is 2.05. The fourth-order valence-electron chi connectivity index (χ4n) is 3.25. The van der Waals surface area contributed by atoms with Gasteiger partial charge in [0, 0.05) is 19.0 Å². The lowest BCUT2D eigenvalue weighted by Crippen LogP contribution is -2.52. The van der Waals surface area contributed by atoms with Crippen molar-refractivity contribution in [3.05, 3.63) is 0 Å². The average molecular weight is 211 g/mol. The zero-order valence-electron chi connectivity index (χ0n) is 11.0. The van der Waals surface area contributed by atoms with E-state index >= 15 is 0 Å². The molecular formula is C13H25NO.